The zero-order valence-corrected chi connectivity index (χ0v) is 15.9. The lowest BCUT2D eigenvalue weighted by Crippen LogP contribution is -2.41. The molecular formula is C17H20Cl3NO3. The molecule has 0 aliphatic heterocycles. The van der Waals surface area contributed by atoms with E-state index in [2.05, 4.69) is 6.92 Å². The normalized spacial score (nSPS) is 20.5. The average Bonchev–Trinajstić information content (AvgIpc) is 2.56. The maximum absolute atomic E-state index is 12.3. The highest BCUT2D eigenvalue weighted by Crippen LogP contribution is 2.32. The zero-order chi connectivity index (χ0) is 17.9. The number of esters is 1. The molecule has 0 aromatic heterocycles. The molecule has 1 aromatic carbocycles. The van der Waals surface area contributed by atoms with Crippen LogP contribution < -0.4 is 0 Å². The van der Waals surface area contributed by atoms with E-state index in [4.69, 9.17) is 39.5 Å². The largest absolute Gasteiger partial charge is 0.452 e. The van der Waals surface area contributed by atoms with Gasteiger partial charge in [-0.05, 0) is 43.7 Å². The van der Waals surface area contributed by atoms with E-state index in [1.807, 2.05) is 0 Å². The molecule has 0 unspecified atom stereocenters. The molecule has 0 N–H and O–H groups in total. The van der Waals surface area contributed by atoms with Gasteiger partial charge in [-0.1, -0.05) is 41.7 Å². The predicted octanol–water partition coefficient (Wildman–Crippen LogP) is 4.84. The molecular weight excluding hydrogens is 373 g/mol. The van der Waals surface area contributed by atoms with Crippen LogP contribution in [0.3, 0.4) is 0 Å². The second kappa shape index (κ2) is 8.41. The molecule has 4 nitrogen and oxygen atoms in total. The van der Waals surface area contributed by atoms with Crippen molar-refractivity contribution in [3.05, 3.63) is 32.8 Å². The lowest BCUT2D eigenvalue weighted by atomic mass is 9.87. The van der Waals surface area contributed by atoms with Crippen molar-refractivity contribution in [1.29, 1.82) is 0 Å². The van der Waals surface area contributed by atoms with Gasteiger partial charge in [-0.15, -0.1) is 0 Å². The molecule has 0 heterocycles. The lowest BCUT2D eigenvalue weighted by Gasteiger charge is -2.33. The maximum atomic E-state index is 12.3. The highest BCUT2D eigenvalue weighted by molar-refractivity contribution is 6.46. The Morgan fingerprint density at radius 3 is 2.33 bits per heavy atom. The molecule has 1 aromatic rings. The van der Waals surface area contributed by atoms with Crippen molar-refractivity contribution in [1.82, 2.24) is 4.90 Å². The van der Waals surface area contributed by atoms with Crippen LogP contribution in [0.5, 0.6) is 0 Å². The van der Waals surface area contributed by atoms with Crippen LogP contribution >= 0.6 is 34.8 Å². The minimum absolute atomic E-state index is 0.0206. The molecule has 1 amide bonds. The summed E-state index contributed by atoms with van der Waals surface area (Å²) in [4.78, 5) is 26.1. The zero-order valence-electron chi connectivity index (χ0n) is 13.7. The molecule has 2 rings (SSSR count). The topological polar surface area (TPSA) is 46.6 Å². The second-order valence-electron chi connectivity index (χ2n) is 6.21. The van der Waals surface area contributed by atoms with Crippen LogP contribution in [0.25, 0.3) is 0 Å². The Hall–Kier alpha value is -0.970. The van der Waals surface area contributed by atoms with Crippen LogP contribution in [0.15, 0.2) is 12.1 Å². The molecule has 0 saturated heterocycles. The first kappa shape index (κ1) is 19.4. The van der Waals surface area contributed by atoms with Gasteiger partial charge in [0.15, 0.2) is 6.61 Å². The van der Waals surface area contributed by atoms with Crippen LogP contribution in [0.1, 0.15) is 43.0 Å². The van der Waals surface area contributed by atoms with Gasteiger partial charge in [-0.3, -0.25) is 4.79 Å². The monoisotopic (exact) mass is 391 g/mol. The molecule has 0 spiro atoms. The van der Waals surface area contributed by atoms with Gasteiger partial charge in [-0.25, -0.2) is 4.79 Å². The Kier molecular flexibility index (Phi) is 6.79. The van der Waals surface area contributed by atoms with E-state index in [9.17, 15) is 9.59 Å². The summed E-state index contributed by atoms with van der Waals surface area (Å²) in [5, 5.41) is 0.362. The van der Waals surface area contributed by atoms with Crippen molar-refractivity contribution >= 4 is 46.7 Å². The van der Waals surface area contributed by atoms with Crippen molar-refractivity contribution < 1.29 is 14.3 Å². The van der Waals surface area contributed by atoms with Crippen molar-refractivity contribution in [3.8, 4) is 0 Å². The predicted molar refractivity (Wildman–Crippen MR) is 95.9 cm³/mol. The number of benzene rings is 1. The van der Waals surface area contributed by atoms with Gasteiger partial charge < -0.3 is 9.64 Å². The standard InChI is InChI=1S/C17H20Cl3NO3/c1-10-3-5-11(6-4-10)21(2)14(22)9-24-17(23)15-12(18)7-8-13(19)16(15)20/h7-8,10-11H,3-6,9H2,1-2H3. The molecule has 1 fully saturated rings. The molecule has 132 valence electrons. The lowest BCUT2D eigenvalue weighted by molar-refractivity contribution is -0.136. The van der Waals surface area contributed by atoms with Crippen molar-refractivity contribution in [3.63, 3.8) is 0 Å². The Morgan fingerprint density at radius 2 is 1.71 bits per heavy atom. The molecule has 0 bridgehead atoms. The number of rotatable bonds is 4. The summed E-state index contributed by atoms with van der Waals surface area (Å²) in [6, 6.07) is 3.15. The fourth-order valence-corrected chi connectivity index (χ4v) is 3.53. The first-order valence-corrected chi connectivity index (χ1v) is 9.01. The summed E-state index contributed by atoms with van der Waals surface area (Å²) < 4.78 is 5.08. The van der Waals surface area contributed by atoms with E-state index >= 15 is 0 Å². The number of hydrogen-bond acceptors (Lipinski definition) is 3. The number of likely N-dealkylation sites (N-methyl/N-ethyl adjacent to an activating group) is 1. The number of nitrogens with zero attached hydrogens (tertiary/aromatic N) is 1. The quantitative estimate of drug-likeness (QED) is 0.544. The Balaban J connectivity index is 1.94. The van der Waals surface area contributed by atoms with Crippen LogP contribution in [-0.2, 0) is 9.53 Å². The Labute approximate surface area is 157 Å². The van der Waals surface area contributed by atoms with Crippen LogP contribution in [0.4, 0.5) is 0 Å². The molecule has 24 heavy (non-hydrogen) atoms. The number of amides is 1. The van der Waals surface area contributed by atoms with Gasteiger partial charge in [0.05, 0.1) is 20.6 Å². The van der Waals surface area contributed by atoms with Crippen LogP contribution in [0, 0.1) is 5.92 Å². The SMILES string of the molecule is CC1CCC(N(C)C(=O)COC(=O)c2c(Cl)ccc(Cl)c2Cl)CC1. The minimum atomic E-state index is -0.758. The number of ether oxygens (including phenoxy) is 1. The third kappa shape index (κ3) is 4.56. The minimum Gasteiger partial charge on any atom is -0.452 e. The Morgan fingerprint density at radius 1 is 1.12 bits per heavy atom. The number of halogens is 3. The van der Waals surface area contributed by atoms with Crippen molar-refractivity contribution in [2.24, 2.45) is 5.92 Å². The summed E-state index contributed by atoms with van der Waals surface area (Å²) in [6.45, 7) is 1.87. The van der Waals surface area contributed by atoms with E-state index < -0.39 is 5.97 Å². The fourth-order valence-electron chi connectivity index (χ4n) is 2.85. The van der Waals surface area contributed by atoms with E-state index in [1.165, 1.54) is 12.1 Å². The van der Waals surface area contributed by atoms with E-state index in [0.717, 1.165) is 25.7 Å². The van der Waals surface area contributed by atoms with Gasteiger partial charge in [0.2, 0.25) is 0 Å². The fraction of sp³-hybridized carbons (Fsp3) is 0.529. The first-order chi connectivity index (χ1) is 11.3. The Bertz CT molecular complexity index is 628. The second-order valence-corrected chi connectivity index (χ2v) is 7.41. The van der Waals surface area contributed by atoms with Gasteiger partial charge in [-0.2, -0.15) is 0 Å². The smallest absolute Gasteiger partial charge is 0.341 e. The van der Waals surface area contributed by atoms with Crippen molar-refractivity contribution in [2.75, 3.05) is 13.7 Å². The van der Waals surface area contributed by atoms with Crippen molar-refractivity contribution in [2.45, 2.75) is 38.6 Å². The third-order valence-corrected chi connectivity index (χ3v) is 5.62. The first-order valence-electron chi connectivity index (χ1n) is 7.87. The molecule has 0 radical (unpaired) electrons. The number of carbonyl (C=O) groups is 2. The van der Waals surface area contributed by atoms with Crippen LogP contribution in [0.2, 0.25) is 15.1 Å². The summed E-state index contributed by atoms with van der Waals surface area (Å²) in [7, 11) is 1.75. The average molecular weight is 393 g/mol. The van der Waals surface area contributed by atoms with Gasteiger partial charge in [0, 0.05) is 13.1 Å². The van der Waals surface area contributed by atoms with Gasteiger partial charge in [0.1, 0.15) is 0 Å². The summed E-state index contributed by atoms with van der Waals surface area (Å²) in [5.41, 5.74) is -0.0206. The van der Waals surface area contributed by atoms with Gasteiger partial charge in [0.25, 0.3) is 5.91 Å². The summed E-state index contributed by atoms with van der Waals surface area (Å²) in [5.74, 6) is -0.293. The number of hydrogen-bond donors (Lipinski definition) is 0. The van der Waals surface area contributed by atoms with Crippen LogP contribution in [-0.4, -0.2) is 36.5 Å². The van der Waals surface area contributed by atoms with E-state index in [-0.39, 0.29) is 39.2 Å². The van der Waals surface area contributed by atoms with Gasteiger partial charge >= 0.3 is 5.97 Å². The summed E-state index contributed by atoms with van der Waals surface area (Å²) in [6.07, 6.45) is 4.16. The third-order valence-electron chi connectivity index (χ3n) is 4.50. The highest BCUT2D eigenvalue weighted by Gasteiger charge is 2.26. The molecule has 1 saturated carbocycles. The summed E-state index contributed by atoms with van der Waals surface area (Å²) >= 11 is 17.8. The van der Waals surface area contributed by atoms with E-state index in [0.29, 0.717) is 5.92 Å². The molecule has 1 aliphatic rings. The molecule has 1 aliphatic carbocycles. The number of carbonyl (C=O) groups excluding carboxylic acids is 2. The maximum Gasteiger partial charge on any atom is 0.341 e. The molecule has 0 atom stereocenters. The molecule has 7 heteroatoms. The van der Waals surface area contributed by atoms with E-state index in [1.54, 1.807) is 11.9 Å². The highest BCUT2D eigenvalue weighted by atomic mass is 35.5.